The maximum atomic E-state index is 12.6. The van der Waals surface area contributed by atoms with E-state index in [0.717, 1.165) is 11.5 Å². The lowest BCUT2D eigenvalue weighted by Crippen LogP contribution is -2.45. The van der Waals surface area contributed by atoms with Crippen LogP contribution >= 0.6 is 11.8 Å². The Morgan fingerprint density at radius 2 is 2.04 bits per heavy atom. The second kappa shape index (κ2) is 8.24. The summed E-state index contributed by atoms with van der Waals surface area (Å²) < 4.78 is 26.6. The minimum Gasteiger partial charge on any atom is -0.480 e. The number of aromatic amines is 1. The number of carboxylic acids is 1. The summed E-state index contributed by atoms with van der Waals surface area (Å²) in [5.41, 5.74) is 0.0273. The number of carbonyl (C=O) groups excluding carboxylic acids is 1. The highest BCUT2D eigenvalue weighted by Gasteiger charge is 2.29. The first-order valence-corrected chi connectivity index (χ1v) is 10.7. The van der Waals surface area contributed by atoms with E-state index in [1.807, 2.05) is 6.92 Å². The fourth-order valence-electron chi connectivity index (χ4n) is 2.49. The van der Waals surface area contributed by atoms with Crippen molar-refractivity contribution in [2.75, 3.05) is 24.6 Å². The van der Waals surface area contributed by atoms with Gasteiger partial charge in [0.2, 0.25) is 10.0 Å². The van der Waals surface area contributed by atoms with E-state index >= 15 is 0 Å². The summed E-state index contributed by atoms with van der Waals surface area (Å²) >= 11 is 1.70. The number of nitrogens with zero attached hydrogens (tertiary/aromatic N) is 1. The minimum absolute atomic E-state index is 0.0139. The summed E-state index contributed by atoms with van der Waals surface area (Å²) in [6.07, 6.45) is 1.86. The molecule has 2 atom stereocenters. The highest BCUT2D eigenvalue weighted by atomic mass is 32.2. The third-order valence-corrected chi connectivity index (χ3v) is 7.09. The Morgan fingerprint density at radius 3 is 2.60 bits per heavy atom. The molecule has 0 saturated carbocycles. The zero-order valence-corrected chi connectivity index (χ0v) is 15.8. The maximum absolute atomic E-state index is 12.6. The van der Waals surface area contributed by atoms with E-state index in [0.29, 0.717) is 19.5 Å². The molecule has 2 rings (SSSR count). The number of hydrogen-bond acceptors (Lipinski definition) is 5. The number of carboxylic acid groups (broad SMARTS) is 1. The zero-order chi connectivity index (χ0) is 18.6. The van der Waals surface area contributed by atoms with E-state index in [1.165, 1.54) is 16.6 Å². The normalized spacial score (nSPS) is 18.5. The molecule has 1 amide bonds. The molecule has 1 saturated heterocycles. The molecule has 0 aliphatic carbocycles. The van der Waals surface area contributed by atoms with E-state index in [-0.39, 0.29) is 16.5 Å². The van der Waals surface area contributed by atoms with Crippen LogP contribution in [0.4, 0.5) is 0 Å². The van der Waals surface area contributed by atoms with Crippen LogP contribution in [0.3, 0.4) is 0 Å². The van der Waals surface area contributed by atoms with Gasteiger partial charge in [-0.1, -0.05) is 20.3 Å². The number of nitrogens with one attached hydrogen (secondary N) is 2. The summed E-state index contributed by atoms with van der Waals surface area (Å²) in [7, 11) is -3.65. The molecule has 3 N–H and O–H groups in total. The van der Waals surface area contributed by atoms with Crippen LogP contribution in [0.2, 0.25) is 0 Å². The fourth-order valence-corrected chi connectivity index (χ4v) is 5.06. The van der Waals surface area contributed by atoms with E-state index in [1.54, 1.807) is 18.7 Å². The Balaban J connectivity index is 2.14. The molecule has 2 unspecified atom stereocenters. The summed E-state index contributed by atoms with van der Waals surface area (Å²) in [6, 6.07) is 0.224. The molecule has 1 aliphatic heterocycles. The van der Waals surface area contributed by atoms with Crippen molar-refractivity contribution >= 4 is 33.7 Å². The minimum atomic E-state index is -3.65. The number of hydrogen-bond donors (Lipinski definition) is 3. The van der Waals surface area contributed by atoms with Crippen LogP contribution < -0.4 is 5.32 Å². The molecule has 0 spiro atoms. The molecule has 10 heteroatoms. The Bertz CT molecular complexity index is 725. The van der Waals surface area contributed by atoms with Crippen molar-refractivity contribution in [3.05, 3.63) is 18.0 Å². The van der Waals surface area contributed by atoms with E-state index < -0.39 is 27.9 Å². The van der Waals surface area contributed by atoms with Crippen molar-refractivity contribution in [1.29, 1.82) is 0 Å². The average Bonchev–Trinajstić information content (AvgIpc) is 3.10. The van der Waals surface area contributed by atoms with Crippen molar-refractivity contribution in [2.24, 2.45) is 5.92 Å². The molecule has 140 valence electrons. The molecule has 0 radical (unpaired) electrons. The molecule has 8 nitrogen and oxygen atoms in total. The van der Waals surface area contributed by atoms with E-state index in [2.05, 4.69) is 10.3 Å². The molecular formula is C15H23N3O5S2. The van der Waals surface area contributed by atoms with Gasteiger partial charge in [-0.15, -0.1) is 0 Å². The molecule has 0 aromatic carbocycles. The standard InChI is InChI=1S/C15H23N3O5S2/c1-3-10(2)13(15(20)21)17-14(19)12-8-11(9-16-12)25(22,23)18-4-6-24-7-5-18/h8-10,13,16H,3-7H2,1-2H3,(H,17,19)(H,20,21). The van der Waals surface area contributed by atoms with Gasteiger partial charge in [0.25, 0.3) is 5.91 Å². The first kappa shape index (κ1) is 19.8. The zero-order valence-electron chi connectivity index (χ0n) is 14.2. The van der Waals surface area contributed by atoms with Gasteiger partial charge in [-0.2, -0.15) is 16.1 Å². The van der Waals surface area contributed by atoms with Crippen molar-refractivity contribution in [3.63, 3.8) is 0 Å². The summed E-state index contributed by atoms with van der Waals surface area (Å²) in [4.78, 5) is 26.2. The molecule has 1 aromatic heterocycles. The van der Waals surface area contributed by atoms with Crippen molar-refractivity contribution < 1.29 is 23.1 Å². The van der Waals surface area contributed by atoms with Crippen LogP contribution in [0.1, 0.15) is 30.8 Å². The van der Waals surface area contributed by atoms with Gasteiger partial charge in [0.1, 0.15) is 16.6 Å². The van der Waals surface area contributed by atoms with Crippen molar-refractivity contribution in [3.8, 4) is 0 Å². The van der Waals surface area contributed by atoms with Crippen LogP contribution in [-0.4, -0.2) is 65.3 Å². The lowest BCUT2D eigenvalue weighted by Gasteiger charge is -2.24. The highest BCUT2D eigenvalue weighted by Crippen LogP contribution is 2.21. The van der Waals surface area contributed by atoms with Crippen LogP contribution in [0.5, 0.6) is 0 Å². The predicted octanol–water partition coefficient (Wildman–Crippen LogP) is 0.981. The van der Waals surface area contributed by atoms with Crippen molar-refractivity contribution in [1.82, 2.24) is 14.6 Å². The summed E-state index contributed by atoms with van der Waals surface area (Å²) in [5.74, 6) is -0.514. The number of carbonyl (C=O) groups is 2. The Kier molecular flexibility index (Phi) is 6.53. The number of aliphatic carboxylic acids is 1. The average molecular weight is 389 g/mol. The number of aromatic nitrogens is 1. The smallest absolute Gasteiger partial charge is 0.326 e. The van der Waals surface area contributed by atoms with Crippen LogP contribution in [0.25, 0.3) is 0 Å². The van der Waals surface area contributed by atoms with Gasteiger partial charge in [0.05, 0.1) is 0 Å². The lowest BCUT2D eigenvalue weighted by atomic mass is 9.99. The van der Waals surface area contributed by atoms with Gasteiger partial charge in [-0.3, -0.25) is 4.79 Å². The Hall–Kier alpha value is -1.52. The third-order valence-electron chi connectivity index (χ3n) is 4.27. The third kappa shape index (κ3) is 4.56. The van der Waals surface area contributed by atoms with Gasteiger partial charge < -0.3 is 15.4 Å². The maximum Gasteiger partial charge on any atom is 0.326 e. The molecule has 1 aliphatic rings. The molecule has 2 heterocycles. The largest absolute Gasteiger partial charge is 0.480 e. The number of H-pyrrole nitrogens is 1. The Labute approximate surface area is 151 Å². The summed E-state index contributed by atoms with van der Waals surface area (Å²) in [5, 5.41) is 11.7. The van der Waals surface area contributed by atoms with Crippen molar-refractivity contribution in [2.45, 2.75) is 31.2 Å². The second-order valence-electron chi connectivity index (χ2n) is 5.94. The predicted molar refractivity (Wildman–Crippen MR) is 95.2 cm³/mol. The first-order chi connectivity index (χ1) is 11.8. The van der Waals surface area contributed by atoms with Gasteiger partial charge in [0, 0.05) is 30.8 Å². The summed E-state index contributed by atoms with van der Waals surface area (Å²) in [6.45, 7) is 4.45. The molecule has 1 fully saturated rings. The Morgan fingerprint density at radius 1 is 1.40 bits per heavy atom. The van der Waals surface area contributed by atoms with E-state index in [4.69, 9.17) is 0 Å². The first-order valence-electron chi connectivity index (χ1n) is 8.07. The second-order valence-corrected chi connectivity index (χ2v) is 9.10. The van der Waals surface area contributed by atoms with Gasteiger partial charge in [-0.25, -0.2) is 13.2 Å². The lowest BCUT2D eigenvalue weighted by molar-refractivity contribution is -0.140. The monoisotopic (exact) mass is 389 g/mol. The number of sulfonamides is 1. The van der Waals surface area contributed by atoms with Crippen LogP contribution in [0, 0.1) is 5.92 Å². The van der Waals surface area contributed by atoms with E-state index in [9.17, 15) is 23.1 Å². The molecule has 1 aromatic rings. The number of amides is 1. The fraction of sp³-hybridized carbons (Fsp3) is 0.600. The highest BCUT2D eigenvalue weighted by molar-refractivity contribution is 7.99. The number of rotatable bonds is 7. The van der Waals surface area contributed by atoms with Gasteiger partial charge in [-0.05, 0) is 12.0 Å². The quantitative estimate of drug-likeness (QED) is 0.639. The molecular weight excluding hydrogens is 366 g/mol. The topological polar surface area (TPSA) is 120 Å². The molecule has 0 bridgehead atoms. The number of thioether (sulfide) groups is 1. The van der Waals surface area contributed by atoms with Gasteiger partial charge in [0.15, 0.2) is 0 Å². The van der Waals surface area contributed by atoms with Crippen LogP contribution in [0.15, 0.2) is 17.2 Å². The van der Waals surface area contributed by atoms with Gasteiger partial charge >= 0.3 is 5.97 Å². The van der Waals surface area contributed by atoms with Crippen LogP contribution in [-0.2, 0) is 14.8 Å². The molecule has 25 heavy (non-hydrogen) atoms. The SMILES string of the molecule is CCC(C)C(NC(=O)c1cc(S(=O)(=O)N2CCSCC2)c[nH]1)C(=O)O.